The van der Waals surface area contributed by atoms with E-state index in [-0.39, 0.29) is 11.0 Å². The second-order valence-corrected chi connectivity index (χ2v) is 7.73. The van der Waals surface area contributed by atoms with Crippen molar-refractivity contribution < 1.29 is 4.74 Å². The molecule has 2 rings (SSSR count). The third-order valence-corrected chi connectivity index (χ3v) is 5.04. The standard InChI is InChI=1S/C16H25BrN2O2/c1-15(2,3)12-11(17)13(20)19-14(18-12)16(21-4)9-7-5-6-8-10-16/h5-10H2,1-4H3,(H,18,19,20). The highest BCUT2D eigenvalue weighted by Crippen LogP contribution is 2.38. The maximum Gasteiger partial charge on any atom is 0.265 e. The van der Waals surface area contributed by atoms with Crippen LogP contribution < -0.4 is 5.56 Å². The molecule has 1 N–H and O–H groups in total. The Morgan fingerprint density at radius 3 is 2.24 bits per heavy atom. The Hall–Kier alpha value is -0.680. The second-order valence-electron chi connectivity index (χ2n) is 6.94. The van der Waals surface area contributed by atoms with Crippen LogP contribution in [0.25, 0.3) is 0 Å². The predicted octanol–water partition coefficient (Wildman–Crippen LogP) is 4.03. The average Bonchev–Trinajstić information content (AvgIpc) is 2.66. The summed E-state index contributed by atoms with van der Waals surface area (Å²) in [5.41, 5.74) is 0.0326. The molecule has 1 heterocycles. The molecule has 0 spiro atoms. The van der Waals surface area contributed by atoms with Crippen LogP contribution in [0.4, 0.5) is 0 Å². The summed E-state index contributed by atoms with van der Waals surface area (Å²) in [6.45, 7) is 6.20. The predicted molar refractivity (Wildman–Crippen MR) is 87.6 cm³/mol. The van der Waals surface area contributed by atoms with E-state index in [0.717, 1.165) is 31.4 Å². The first-order valence-corrected chi connectivity index (χ1v) is 8.45. The minimum atomic E-state index is -0.448. The minimum Gasteiger partial charge on any atom is -0.370 e. The highest BCUT2D eigenvalue weighted by Gasteiger charge is 2.37. The lowest BCUT2D eigenvalue weighted by Crippen LogP contribution is -2.35. The van der Waals surface area contributed by atoms with Gasteiger partial charge in [0.1, 0.15) is 15.9 Å². The zero-order valence-corrected chi connectivity index (χ0v) is 15.0. The number of aromatic amines is 1. The number of aromatic nitrogens is 2. The summed E-state index contributed by atoms with van der Waals surface area (Å²) >= 11 is 3.38. The average molecular weight is 357 g/mol. The first-order chi connectivity index (χ1) is 9.80. The van der Waals surface area contributed by atoms with Crippen molar-refractivity contribution in [2.75, 3.05) is 7.11 Å². The topological polar surface area (TPSA) is 55.0 Å². The van der Waals surface area contributed by atoms with Crippen molar-refractivity contribution in [2.45, 2.75) is 70.3 Å². The fraction of sp³-hybridized carbons (Fsp3) is 0.750. The van der Waals surface area contributed by atoms with Gasteiger partial charge in [-0.1, -0.05) is 46.5 Å². The van der Waals surface area contributed by atoms with Crippen LogP contribution in [0.3, 0.4) is 0 Å². The quantitative estimate of drug-likeness (QED) is 0.814. The van der Waals surface area contributed by atoms with Gasteiger partial charge < -0.3 is 9.72 Å². The molecule has 0 amide bonds. The van der Waals surface area contributed by atoms with Crippen LogP contribution in [-0.4, -0.2) is 17.1 Å². The molecule has 1 aliphatic carbocycles. The lowest BCUT2D eigenvalue weighted by Gasteiger charge is -2.31. The fourth-order valence-electron chi connectivity index (χ4n) is 3.01. The molecule has 1 aromatic heterocycles. The van der Waals surface area contributed by atoms with E-state index in [1.54, 1.807) is 7.11 Å². The Morgan fingerprint density at radius 1 is 1.19 bits per heavy atom. The summed E-state index contributed by atoms with van der Waals surface area (Å²) in [7, 11) is 1.73. The molecule has 0 radical (unpaired) electrons. The van der Waals surface area contributed by atoms with Crippen molar-refractivity contribution in [3.05, 3.63) is 26.3 Å². The molecule has 1 aliphatic rings. The summed E-state index contributed by atoms with van der Waals surface area (Å²) in [4.78, 5) is 20.0. The van der Waals surface area contributed by atoms with Crippen molar-refractivity contribution >= 4 is 15.9 Å². The molecule has 118 valence electrons. The highest BCUT2D eigenvalue weighted by molar-refractivity contribution is 9.10. The van der Waals surface area contributed by atoms with Crippen LogP contribution in [-0.2, 0) is 15.8 Å². The van der Waals surface area contributed by atoms with Crippen molar-refractivity contribution in [3.8, 4) is 0 Å². The smallest absolute Gasteiger partial charge is 0.265 e. The lowest BCUT2D eigenvalue weighted by molar-refractivity contribution is -0.0356. The van der Waals surface area contributed by atoms with Gasteiger partial charge in [0.05, 0.1) is 5.69 Å². The van der Waals surface area contributed by atoms with Crippen LogP contribution in [0.5, 0.6) is 0 Å². The number of halogens is 1. The molecule has 5 heteroatoms. The number of hydrogen-bond acceptors (Lipinski definition) is 3. The van der Waals surface area contributed by atoms with E-state index in [9.17, 15) is 4.79 Å². The minimum absolute atomic E-state index is 0.120. The number of methoxy groups -OCH3 is 1. The Bertz CT molecular complexity index is 552. The third-order valence-electron chi connectivity index (χ3n) is 4.31. The molecular formula is C16H25BrN2O2. The van der Waals surface area contributed by atoms with Crippen LogP contribution in [0, 0.1) is 0 Å². The van der Waals surface area contributed by atoms with Crippen molar-refractivity contribution in [1.82, 2.24) is 9.97 Å². The molecule has 0 bridgehead atoms. The number of nitrogens with one attached hydrogen (secondary N) is 1. The number of nitrogens with zero attached hydrogens (tertiary/aromatic N) is 1. The van der Waals surface area contributed by atoms with E-state index in [0.29, 0.717) is 10.3 Å². The van der Waals surface area contributed by atoms with Crippen LogP contribution in [0.2, 0.25) is 0 Å². The van der Waals surface area contributed by atoms with Gasteiger partial charge in [0, 0.05) is 12.5 Å². The van der Waals surface area contributed by atoms with Gasteiger partial charge in [-0.2, -0.15) is 0 Å². The van der Waals surface area contributed by atoms with E-state index in [1.165, 1.54) is 12.8 Å². The van der Waals surface area contributed by atoms with Gasteiger partial charge in [-0.15, -0.1) is 0 Å². The van der Waals surface area contributed by atoms with Crippen molar-refractivity contribution in [2.24, 2.45) is 0 Å². The zero-order valence-electron chi connectivity index (χ0n) is 13.4. The monoisotopic (exact) mass is 356 g/mol. The zero-order chi connectivity index (χ0) is 15.7. The third kappa shape index (κ3) is 3.39. The maximum absolute atomic E-state index is 12.3. The molecule has 0 atom stereocenters. The molecule has 0 aromatic carbocycles. The molecule has 1 aromatic rings. The van der Waals surface area contributed by atoms with Gasteiger partial charge in [0.25, 0.3) is 5.56 Å². The van der Waals surface area contributed by atoms with E-state index >= 15 is 0 Å². The first kappa shape index (κ1) is 16.7. The van der Waals surface area contributed by atoms with Crippen LogP contribution in [0.1, 0.15) is 70.8 Å². The van der Waals surface area contributed by atoms with Gasteiger partial charge in [-0.25, -0.2) is 4.98 Å². The Balaban J connectivity index is 2.57. The van der Waals surface area contributed by atoms with Crippen molar-refractivity contribution in [3.63, 3.8) is 0 Å². The molecule has 0 unspecified atom stereocenters. The number of hydrogen-bond donors (Lipinski definition) is 1. The van der Waals surface area contributed by atoms with Gasteiger partial charge in [-0.05, 0) is 28.8 Å². The van der Waals surface area contributed by atoms with Gasteiger partial charge in [-0.3, -0.25) is 4.79 Å². The Kier molecular flexibility index (Phi) is 4.93. The summed E-state index contributed by atoms with van der Waals surface area (Å²) in [5, 5.41) is 0. The number of rotatable bonds is 2. The highest BCUT2D eigenvalue weighted by atomic mass is 79.9. The van der Waals surface area contributed by atoms with E-state index in [1.807, 2.05) is 0 Å². The lowest BCUT2D eigenvalue weighted by atomic mass is 9.89. The Labute approximate surface area is 134 Å². The van der Waals surface area contributed by atoms with Crippen LogP contribution in [0.15, 0.2) is 9.27 Å². The summed E-state index contributed by atoms with van der Waals surface area (Å²) in [6, 6.07) is 0. The summed E-state index contributed by atoms with van der Waals surface area (Å²) in [5.74, 6) is 0.685. The van der Waals surface area contributed by atoms with E-state index in [4.69, 9.17) is 9.72 Å². The SMILES string of the molecule is COC1(c2nc(C(C)(C)C)c(Br)c(=O)[nH]2)CCCCCC1. The molecule has 1 saturated carbocycles. The largest absolute Gasteiger partial charge is 0.370 e. The fourth-order valence-corrected chi connectivity index (χ4v) is 3.79. The molecule has 0 aliphatic heterocycles. The van der Waals surface area contributed by atoms with Gasteiger partial charge in [0.15, 0.2) is 0 Å². The summed E-state index contributed by atoms with van der Waals surface area (Å²) in [6.07, 6.45) is 6.49. The first-order valence-electron chi connectivity index (χ1n) is 7.66. The van der Waals surface area contributed by atoms with Crippen molar-refractivity contribution in [1.29, 1.82) is 0 Å². The Morgan fingerprint density at radius 2 is 1.76 bits per heavy atom. The molecule has 4 nitrogen and oxygen atoms in total. The number of ether oxygens (including phenoxy) is 1. The maximum atomic E-state index is 12.3. The van der Waals surface area contributed by atoms with Gasteiger partial charge in [0.2, 0.25) is 0 Å². The normalized spacial score (nSPS) is 19.3. The molecule has 21 heavy (non-hydrogen) atoms. The molecule has 1 fully saturated rings. The number of H-pyrrole nitrogens is 1. The molecule has 0 saturated heterocycles. The van der Waals surface area contributed by atoms with E-state index in [2.05, 4.69) is 41.7 Å². The van der Waals surface area contributed by atoms with Crippen LogP contribution >= 0.6 is 15.9 Å². The van der Waals surface area contributed by atoms with E-state index < -0.39 is 5.60 Å². The summed E-state index contributed by atoms with van der Waals surface area (Å²) < 4.78 is 6.39. The molecular weight excluding hydrogens is 332 g/mol. The second kappa shape index (κ2) is 6.21. The van der Waals surface area contributed by atoms with Gasteiger partial charge >= 0.3 is 0 Å².